The van der Waals surface area contributed by atoms with Gasteiger partial charge in [0.25, 0.3) is 0 Å². The van der Waals surface area contributed by atoms with E-state index < -0.39 is 0 Å². The van der Waals surface area contributed by atoms with E-state index in [9.17, 15) is 0 Å². The van der Waals surface area contributed by atoms with E-state index >= 15 is 0 Å². The second-order valence-corrected chi connectivity index (χ2v) is 6.87. The van der Waals surface area contributed by atoms with Crippen molar-refractivity contribution in [3.63, 3.8) is 0 Å². The molecule has 2 aliphatic rings. The molecule has 0 unspecified atom stereocenters. The van der Waals surface area contributed by atoms with Crippen LogP contribution in [0.1, 0.15) is 32.6 Å². The van der Waals surface area contributed by atoms with Gasteiger partial charge in [-0.1, -0.05) is 25.8 Å². The largest absolute Gasteiger partial charge is 0.360 e. The molecule has 2 atom stereocenters. The molecule has 1 aliphatic heterocycles. The normalized spacial score (nSPS) is 25.9. The van der Waals surface area contributed by atoms with Gasteiger partial charge in [0.2, 0.25) is 0 Å². The van der Waals surface area contributed by atoms with E-state index in [4.69, 9.17) is 12.2 Å². The van der Waals surface area contributed by atoms with Crippen molar-refractivity contribution in [3.05, 3.63) is 24.4 Å². The van der Waals surface area contributed by atoms with Crippen molar-refractivity contribution in [2.75, 3.05) is 31.1 Å². The molecular weight excluding hydrogens is 292 g/mol. The Morgan fingerprint density at radius 1 is 1.18 bits per heavy atom. The van der Waals surface area contributed by atoms with Crippen LogP contribution in [0.25, 0.3) is 0 Å². The number of nitrogens with zero attached hydrogens (tertiary/aromatic N) is 3. The third-order valence-electron chi connectivity index (χ3n) is 4.96. The first-order valence-corrected chi connectivity index (χ1v) is 8.86. The lowest BCUT2D eigenvalue weighted by molar-refractivity contribution is 0.293. The molecular formula is C17H26N4S. The Bertz CT molecular complexity index is 485. The van der Waals surface area contributed by atoms with Crippen molar-refractivity contribution in [3.8, 4) is 0 Å². The van der Waals surface area contributed by atoms with Gasteiger partial charge >= 0.3 is 0 Å². The van der Waals surface area contributed by atoms with Gasteiger partial charge in [-0.05, 0) is 43.1 Å². The van der Waals surface area contributed by atoms with Crippen LogP contribution in [0.15, 0.2) is 24.4 Å². The molecule has 0 aromatic carbocycles. The molecule has 1 N–H and O–H groups in total. The van der Waals surface area contributed by atoms with Crippen LogP contribution in [0.5, 0.6) is 0 Å². The van der Waals surface area contributed by atoms with Gasteiger partial charge in [0, 0.05) is 38.4 Å². The lowest BCUT2D eigenvalue weighted by atomic mass is 9.86. The number of hydrogen-bond acceptors (Lipinski definition) is 3. The van der Waals surface area contributed by atoms with E-state index in [-0.39, 0.29) is 0 Å². The zero-order chi connectivity index (χ0) is 15.4. The number of thiocarbonyl (C=S) groups is 1. The fraction of sp³-hybridized carbons (Fsp3) is 0.647. The lowest BCUT2D eigenvalue weighted by Gasteiger charge is -2.39. The summed E-state index contributed by atoms with van der Waals surface area (Å²) in [6.45, 7) is 6.27. The highest BCUT2D eigenvalue weighted by molar-refractivity contribution is 7.80. The van der Waals surface area contributed by atoms with Gasteiger partial charge in [-0.3, -0.25) is 0 Å². The summed E-state index contributed by atoms with van der Waals surface area (Å²) < 4.78 is 0. The molecule has 1 aliphatic carbocycles. The molecule has 2 fully saturated rings. The van der Waals surface area contributed by atoms with Crippen molar-refractivity contribution in [2.24, 2.45) is 5.92 Å². The zero-order valence-corrected chi connectivity index (χ0v) is 14.2. The summed E-state index contributed by atoms with van der Waals surface area (Å²) in [5.74, 6) is 1.81. The molecule has 0 amide bonds. The van der Waals surface area contributed by atoms with Gasteiger partial charge in [-0.2, -0.15) is 0 Å². The smallest absolute Gasteiger partial charge is 0.169 e. The summed E-state index contributed by atoms with van der Waals surface area (Å²) in [5, 5.41) is 4.56. The Morgan fingerprint density at radius 3 is 2.64 bits per heavy atom. The lowest BCUT2D eigenvalue weighted by Crippen LogP contribution is -2.54. The molecule has 0 bridgehead atoms. The first-order valence-electron chi connectivity index (χ1n) is 8.45. The predicted molar refractivity (Wildman–Crippen MR) is 95.2 cm³/mol. The van der Waals surface area contributed by atoms with Crippen molar-refractivity contribution in [1.29, 1.82) is 0 Å². The molecule has 120 valence electrons. The Labute approximate surface area is 138 Å². The quantitative estimate of drug-likeness (QED) is 0.847. The van der Waals surface area contributed by atoms with E-state index in [1.54, 1.807) is 0 Å². The summed E-state index contributed by atoms with van der Waals surface area (Å²) in [6, 6.07) is 6.65. The average Bonchev–Trinajstić information content (AvgIpc) is 2.58. The van der Waals surface area contributed by atoms with Crippen molar-refractivity contribution in [1.82, 2.24) is 15.2 Å². The van der Waals surface area contributed by atoms with Crippen molar-refractivity contribution in [2.45, 2.75) is 38.6 Å². The van der Waals surface area contributed by atoms with Crippen molar-refractivity contribution < 1.29 is 0 Å². The second-order valence-electron chi connectivity index (χ2n) is 6.48. The number of hydrogen-bond donors (Lipinski definition) is 1. The van der Waals surface area contributed by atoms with Gasteiger partial charge in [-0.25, -0.2) is 4.98 Å². The highest BCUT2D eigenvalue weighted by atomic mass is 32.1. The van der Waals surface area contributed by atoms with Gasteiger partial charge in [0.05, 0.1) is 0 Å². The maximum absolute atomic E-state index is 5.64. The molecule has 4 nitrogen and oxygen atoms in total. The minimum Gasteiger partial charge on any atom is -0.360 e. The van der Waals surface area contributed by atoms with E-state index in [0.717, 1.165) is 43.0 Å². The van der Waals surface area contributed by atoms with Gasteiger partial charge in [0.1, 0.15) is 5.82 Å². The molecule has 1 aromatic heterocycles. The maximum Gasteiger partial charge on any atom is 0.169 e. The first kappa shape index (κ1) is 15.5. The summed E-state index contributed by atoms with van der Waals surface area (Å²) in [7, 11) is 0. The van der Waals surface area contributed by atoms with Crippen LogP contribution in [0.4, 0.5) is 5.82 Å². The molecule has 0 radical (unpaired) electrons. The number of rotatable bonds is 2. The van der Waals surface area contributed by atoms with Crippen LogP contribution in [0.2, 0.25) is 0 Å². The minimum atomic E-state index is 0.565. The molecule has 22 heavy (non-hydrogen) atoms. The van der Waals surface area contributed by atoms with Crippen LogP contribution in [-0.4, -0.2) is 47.2 Å². The van der Waals surface area contributed by atoms with Crippen LogP contribution >= 0.6 is 12.2 Å². The monoisotopic (exact) mass is 318 g/mol. The van der Waals surface area contributed by atoms with Gasteiger partial charge < -0.3 is 15.1 Å². The highest BCUT2D eigenvalue weighted by Gasteiger charge is 2.25. The average molecular weight is 318 g/mol. The first-order chi connectivity index (χ1) is 10.7. The summed E-state index contributed by atoms with van der Waals surface area (Å²) in [6.07, 6.45) is 7.15. The minimum absolute atomic E-state index is 0.565. The van der Waals surface area contributed by atoms with E-state index in [2.05, 4.69) is 33.1 Å². The third-order valence-corrected chi connectivity index (χ3v) is 5.34. The highest BCUT2D eigenvalue weighted by Crippen LogP contribution is 2.24. The van der Waals surface area contributed by atoms with Crippen LogP contribution < -0.4 is 10.2 Å². The maximum atomic E-state index is 5.64. The van der Waals surface area contributed by atoms with E-state index in [1.165, 1.54) is 25.7 Å². The molecule has 1 aromatic rings. The van der Waals surface area contributed by atoms with Crippen LogP contribution in [-0.2, 0) is 0 Å². The second kappa shape index (κ2) is 7.27. The number of pyridine rings is 1. The van der Waals surface area contributed by atoms with E-state index in [0.29, 0.717) is 6.04 Å². The molecule has 1 saturated heterocycles. The van der Waals surface area contributed by atoms with Crippen LogP contribution in [0.3, 0.4) is 0 Å². The summed E-state index contributed by atoms with van der Waals surface area (Å²) in [4.78, 5) is 9.09. The van der Waals surface area contributed by atoms with E-state index in [1.807, 2.05) is 18.3 Å². The zero-order valence-electron chi connectivity index (χ0n) is 13.4. The third kappa shape index (κ3) is 3.69. The summed E-state index contributed by atoms with van der Waals surface area (Å²) >= 11 is 5.64. The Kier molecular flexibility index (Phi) is 5.13. The van der Waals surface area contributed by atoms with Crippen LogP contribution in [0, 0.1) is 5.92 Å². The molecule has 1 saturated carbocycles. The Balaban J connectivity index is 1.49. The number of nitrogens with one attached hydrogen (secondary N) is 1. The number of piperazine rings is 1. The number of aromatic nitrogens is 1. The molecule has 0 spiro atoms. The molecule has 5 heteroatoms. The molecule has 3 rings (SSSR count). The topological polar surface area (TPSA) is 31.4 Å². The Morgan fingerprint density at radius 2 is 1.95 bits per heavy atom. The van der Waals surface area contributed by atoms with Crippen molar-refractivity contribution >= 4 is 23.1 Å². The summed E-state index contributed by atoms with van der Waals surface area (Å²) in [5.41, 5.74) is 0. The molecule has 2 heterocycles. The SMILES string of the molecule is C[C@H]1CCCC[C@@H]1NC(=S)N1CCN(c2ccccn2)CC1. The standard InChI is InChI=1S/C17H26N4S/c1-14-6-2-3-7-15(14)19-17(22)21-12-10-20(11-13-21)16-8-4-5-9-18-16/h4-5,8-9,14-15H,2-3,6-7,10-13H2,1H3,(H,19,22)/t14-,15-/m0/s1. The Hall–Kier alpha value is -1.36. The fourth-order valence-corrected chi connectivity index (χ4v) is 3.79. The predicted octanol–water partition coefficient (Wildman–Crippen LogP) is 2.66. The van der Waals surface area contributed by atoms with Gasteiger partial charge in [-0.15, -0.1) is 0 Å². The van der Waals surface area contributed by atoms with Gasteiger partial charge in [0.15, 0.2) is 5.11 Å². The number of anilines is 1. The fourth-order valence-electron chi connectivity index (χ4n) is 3.46.